The first-order valence-electron chi connectivity index (χ1n) is 10.6. The molecule has 0 saturated heterocycles. The van der Waals surface area contributed by atoms with E-state index >= 15 is 0 Å². The molecule has 0 spiro atoms. The fourth-order valence-electron chi connectivity index (χ4n) is 3.82. The molecule has 0 saturated carbocycles. The first-order chi connectivity index (χ1) is 12.4. The second kappa shape index (κ2) is 15.0. The maximum Gasteiger partial charge on any atom is 0.324 e. The summed E-state index contributed by atoms with van der Waals surface area (Å²) >= 11 is 0. The van der Waals surface area contributed by atoms with E-state index in [0.29, 0.717) is 12.8 Å². The van der Waals surface area contributed by atoms with Gasteiger partial charge in [-0.05, 0) is 38.1 Å². The van der Waals surface area contributed by atoms with Gasteiger partial charge < -0.3 is 15.5 Å². The summed E-state index contributed by atoms with van der Waals surface area (Å²) in [5.41, 5.74) is -0.856. The largest absolute Gasteiger partial charge is 0.481 e. The molecule has 0 aromatic heterocycles. The van der Waals surface area contributed by atoms with Gasteiger partial charge in [0, 0.05) is 6.42 Å². The molecule has 0 radical (unpaired) electrons. The van der Waals surface area contributed by atoms with Crippen LogP contribution in [0, 0.1) is 5.92 Å². The van der Waals surface area contributed by atoms with E-state index in [0.717, 1.165) is 45.1 Å². The molecule has 26 heavy (non-hydrogen) atoms. The van der Waals surface area contributed by atoms with Crippen LogP contribution in [0.1, 0.15) is 104 Å². The van der Waals surface area contributed by atoms with E-state index in [2.05, 4.69) is 19.2 Å². The van der Waals surface area contributed by atoms with Crippen molar-refractivity contribution in [2.75, 3.05) is 6.54 Å². The highest BCUT2D eigenvalue weighted by Crippen LogP contribution is 2.30. The standard InChI is InChI=1S/C21H41NO4/c1-4-7-8-9-10-14-17-22-21(6-3,20(25)26)18(5-2)15-12-11-13-16-19(23)24/h18,22H,4-17H2,1-3H3,(H,23,24)(H,25,26). The van der Waals surface area contributed by atoms with Crippen molar-refractivity contribution in [1.29, 1.82) is 0 Å². The van der Waals surface area contributed by atoms with Crippen LogP contribution in [-0.2, 0) is 9.59 Å². The fraction of sp³-hybridized carbons (Fsp3) is 0.905. The monoisotopic (exact) mass is 371 g/mol. The summed E-state index contributed by atoms with van der Waals surface area (Å²) in [4.78, 5) is 22.7. The molecule has 0 aromatic rings. The first kappa shape index (κ1) is 24.9. The molecular formula is C21H41NO4. The molecule has 2 atom stereocenters. The second-order valence-electron chi connectivity index (χ2n) is 7.42. The van der Waals surface area contributed by atoms with Crippen molar-refractivity contribution in [2.24, 2.45) is 5.92 Å². The number of hydrogen-bond donors (Lipinski definition) is 3. The summed E-state index contributed by atoms with van der Waals surface area (Å²) in [6.07, 6.45) is 12.0. The minimum atomic E-state index is -0.856. The average molecular weight is 372 g/mol. The molecule has 0 aliphatic rings. The van der Waals surface area contributed by atoms with Crippen LogP contribution >= 0.6 is 0 Å². The van der Waals surface area contributed by atoms with Crippen molar-refractivity contribution in [3.63, 3.8) is 0 Å². The predicted octanol–water partition coefficient (Wildman–Crippen LogP) is 5.23. The molecular weight excluding hydrogens is 330 g/mol. The van der Waals surface area contributed by atoms with Gasteiger partial charge in [-0.3, -0.25) is 9.59 Å². The molecule has 5 nitrogen and oxygen atoms in total. The first-order valence-corrected chi connectivity index (χ1v) is 10.6. The van der Waals surface area contributed by atoms with Gasteiger partial charge in [-0.15, -0.1) is 0 Å². The van der Waals surface area contributed by atoms with Gasteiger partial charge in [-0.1, -0.05) is 72.1 Å². The van der Waals surface area contributed by atoms with Gasteiger partial charge >= 0.3 is 11.9 Å². The summed E-state index contributed by atoms with van der Waals surface area (Å²) in [5, 5.41) is 22.0. The number of carbonyl (C=O) groups is 2. The van der Waals surface area contributed by atoms with Gasteiger partial charge in [0.15, 0.2) is 0 Å². The second-order valence-corrected chi connectivity index (χ2v) is 7.42. The maximum absolute atomic E-state index is 12.1. The number of rotatable bonds is 18. The molecule has 5 heteroatoms. The zero-order chi connectivity index (χ0) is 19.8. The Morgan fingerprint density at radius 3 is 2.04 bits per heavy atom. The Kier molecular flexibility index (Phi) is 14.4. The van der Waals surface area contributed by atoms with E-state index in [1.165, 1.54) is 25.7 Å². The Labute approximate surface area is 159 Å². The summed E-state index contributed by atoms with van der Waals surface area (Å²) in [5.74, 6) is -1.43. The molecule has 0 fully saturated rings. The van der Waals surface area contributed by atoms with Gasteiger partial charge in [0.05, 0.1) is 0 Å². The number of carboxylic acid groups (broad SMARTS) is 2. The lowest BCUT2D eigenvalue weighted by molar-refractivity contribution is -0.148. The van der Waals surface area contributed by atoms with Crippen molar-refractivity contribution < 1.29 is 19.8 Å². The molecule has 154 valence electrons. The number of aliphatic carboxylic acids is 2. The lowest BCUT2D eigenvalue weighted by Crippen LogP contribution is -2.57. The highest BCUT2D eigenvalue weighted by Gasteiger charge is 2.42. The average Bonchev–Trinajstić information content (AvgIpc) is 2.61. The third-order valence-electron chi connectivity index (χ3n) is 5.54. The molecule has 0 aromatic carbocycles. The highest BCUT2D eigenvalue weighted by molar-refractivity contribution is 5.79. The Hall–Kier alpha value is -1.10. The van der Waals surface area contributed by atoms with Crippen molar-refractivity contribution in [1.82, 2.24) is 5.32 Å². The van der Waals surface area contributed by atoms with E-state index in [9.17, 15) is 14.7 Å². The van der Waals surface area contributed by atoms with Gasteiger partial charge in [-0.25, -0.2) is 0 Å². The van der Waals surface area contributed by atoms with Crippen LogP contribution in [0.4, 0.5) is 0 Å². The van der Waals surface area contributed by atoms with Gasteiger partial charge in [0.1, 0.15) is 5.54 Å². The Morgan fingerprint density at radius 1 is 0.885 bits per heavy atom. The van der Waals surface area contributed by atoms with Crippen molar-refractivity contribution >= 4 is 11.9 Å². The molecule has 0 heterocycles. The smallest absolute Gasteiger partial charge is 0.324 e. The summed E-state index contributed by atoms with van der Waals surface area (Å²) < 4.78 is 0. The van der Waals surface area contributed by atoms with Crippen LogP contribution in [-0.4, -0.2) is 34.2 Å². The highest BCUT2D eigenvalue weighted by atomic mass is 16.4. The summed E-state index contributed by atoms with van der Waals surface area (Å²) in [6.45, 7) is 6.97. The Morgan fingerprint density at radius 2 is 1.50 bits per heavy atom. The van der Waals surface area contributed by atoms with Crippen LogP contribution in [0.5, 0.6) is 0 Å². The molecule has 0 bridgehead atoms. The van der Waals surface area contributed by atoms with Crippen molar-refractivity contribution in [3.05, 3.63) is 0 Å². The topological polar surface area (TPSA) is 86.6 Å². The van der Waals surface area contributed by atoms with Crippen molar-refractivity contribution in [3.8, 4) is 0 Å². The summed E-state index contributed by atoms with van der Waals surface area (Å²) in [7, 11) is 0. The van der Waals surface area contributed by atoms with Gasteiger partial charge in [0.25, 0.3) is 0 Å². The Balaban J connectivity index is 4.49. The SMILES string of the molecule is CCCCCCCCNC(CC)(C(=O)O)C(CC)CCCCCC(=O)O. The molecule has 0 aliphatic carbocycles. The van der Waals surface area contributed by atoms with E-state index < -0.39 is 17.5 Å². The molecule has 3 N–H and O–H groups in total. The number of carboxylic acids is 2. The van der Waals surface area contributed by atoms with Gasteiger partial charge in [0.2, 0.25) is 0 Å². The number of hydrogen-bond acceptors (Lipinski definition) is 3. The van der Waals surface area contributed by atoms with E-state index in [4.69, 9.17) is 5.11 Å². The molecule has 0 rings (SSSR count). The lowest BCUT2D eigenvalue weighted by Gasteiger charge is -2.37. The third kappa shape index (κ3) is 9.56. The fourth-order valence-corrected chi connectivity index (χ4v) is 3.82. The Bertz CT molecular complexity index is 386. The minimum Gasteiger partial charge on any atom is -0.481 e. The number of unbranched alkanes of at least 4 members (excludes halogenated alkanes) is 7. The molecule has 0 amide bonds. The van der Waals surface area contributed by atoms with Gasteiger partial charge in [-0.2, -0.15) is 0 Å². The van der Waals surface area contributed by atoms with Crippen LogP contribution in [0.25, 0.3) is 0 Å². The van der Waals surface area contributed by atoms with Crippen LogP contribution in [0.3, 0.4) is 0 Å². The van der Waals surface area contributed by atoms with Crippen molar-refractivity contribution in [2.45, 2.75) is 110 Å². The normalized spacial score (nSPS) is 14.7. The minimum absolute atomic E-state index is 0.0786. The summed E-state index contributed by atoms with van der Waals surface area (Å²) in [6, 6.07) is 0. The van der Waals surface area contributed by atoms with Crippen LogP contribution < -0.4 is 5.32 Å². The predicted molar refractivity (Wildman–Crippen MR) is 107 cm³/mol. The number of nitrogens with one attached hydrogen (secondary N) is 1. The third-order valence-corrected chi connectivity index (χ3v) is 5.54. The molecule has 0 aliphatic heterocycles. The van der Waals surface area contributed by atoms with E-state index in [1.807, 2.05) is 6.92 Å². The van der Waals surface area contributed by atoms with Crippen LogP contribution in [0.2, 0.25) is 0 Å². The van der Waals surface area contributed by atoms with E-state index in [1.54, 1.807) is 0 Å². The van der Waals surface area contributed by atoms with Crippen LogP contribution in [0.15, 0.2) is 0 Å². The lowest BCUT2D eigenvalue weighted by atomic mass is 9.76. The maximum atomic E-state index is 12.1. The van der Waals surface area contributed by atoms with E-state index in [-0.39, 0.29) is 12.3 Å². The zero-order valence-corrected chi connectivity index (χ0v) is 17.2. The quantitative estimate of drug-likeness (QED) is 0.287. The zero-order valence-electron chi connectivity index (χ0n) is 17.2. The molecule has 2 unspecified atom stereocenters.